The lowest BCUT2D eigenvalue weighted by Gasteiger charge is -2.30. The molecule has 0 aliphatic rings. The quantitative estimate of drug-likeness (QED) is 0.687. The molecule has 0 aliphatic heterocycles. The van der Waals surface area contributed by atoms with E-state index in [1.807, 2.05) is 18.2 Å². The number of methoxy groups -OCH3 is 1. The maximum Gasteiger partial charge on any atom is 0.271 e. The van der Waals surface area contributed by atoms with Gasteiger partial charge in [-0.15, -0.1) is 0 Å². The van der Waals surface area contributed by atoms with E-state index in [-0.39, 0.29) is 23.2 Å². The molecule has 1 N–H and O–H groups in total. The predicted octanol–water partition coefficient (Wildman–Crippen LogP) is 1.70. The standard InChI is InChI=1S/C20H28N4O3/c1-4-23(5-2)18(16-9-7-6-8-10-16)15-21-20(26)17-11-12-19(25)24(22-17)13-14-27-3/h6-12,18H,4-5,13-15H2,1-3H3,(H,21,26). The van der Waals surface area contributed by atoms with Crippen LogP contribution in [0.5, 0.6) is 0 Å². The molecule has 0 fully saturated rings. The Bertz CT molecular complexity index is 772. The van der Waals surface area contributed by atoms with E-state index < -0.39 is 0 Å². The summed E-state index contributed by atoms with van der Waals surface area (Å²) in [6, 6.07) is 13.0. The van der Waals surface area contributed by atoms with Crippen LogP contribution >= 0.6 is 0 Å². The van der Waals surface area contributed by atoms with Crippen molar-refractivity contribution in [3.63, 3.8) is 0 Å². The zero-order valence-corrected chi connectivity index (χ0v) is 16.2. The van der Waals surface area contributed by atoms with E-state index >= 15 is 0 Å². The lowest BCUT2D eigenvalue weighted by molar-refractivity contribution is 0.0926. The molecule has 0 saturated heterocycles. The second-order valence-electron chi connectivity index (χ2n) is 6.13. The number of likely N-dealkylation sites (N-methyl/N-ethyl adjacent to an activating group) is 1. The number of nitrogens with one attached hydrogen (secondary N) is 1. The van der Waals surface area contributed by atoms with E-state index in [4.69, 9.17) is 4.74 Å². The molecular weight excluding hydrogens is 344 g/mol. The van der Waals surface area contributed by atoms with E-state index in [0.717, 1.165) is 18.7 Å². The number of carbonyl (C=O) groups is 1. The minimum absolute atomic E-state index is 0.0737. The number of aromatic nitrogens is 2. The molecule has 2 rings (SSSR count). The van der Waals surface area contributed by atoms with Crippen molar-refractivity contribution in [3.8, 4) is 0 Å². The number of hydrogen-bond donors (Lipinski definition) is 1. The van der Waals surface area contributed by atoms with E-state index in [1.54, 1.807) is 7.11 Å². The number of amides is 1. The predicted molar refractivity (Wildman–Crippen MR) is 105 cm³/mol. The zero-order chi connectivity index (χ0) is 19.6. The van der Waals surface area contributed by atoms with Crippen LogP contribution in [0, 0.1) is 0 Å². The van der Waals surface area contributed by atoms with Gasteiger partial charge in [0.15, 0.2) is 0 Å². The van der Waals surface area contributed by atoms with Gasteiger partial charge in [-0.25, -0.2) is 4.68 Å². The molecule has 146 valence electrons. The molecular formula is C20H28N4O3. The third-order valence-corrected chi connectivity index (χ3v) is 4.50. The lowest BCUT2D eigenvalue weighted by atomic mass is 10.1. The largest absolute Gasteiger partial charge is 0.383 e. The van der Waals surface area contributed by atoms with Crippen molar-refractivity contribution >= 4 is 5.91 Å². The van der Waals surface area contributed by atoms with Crippen molar-refractivity contribution in [2.24, 2.45) is 0 Å². The molecule has 2 aromatic rings. The number of carbonyl (C=O) groups excluding carboxylic acids is 1. The Labute approximate surface area is 160 Å². The van der Waals surface area contributed by atoms with Crippen molar-refractivity contribution in [2.45, 2.75) is 26.4 Å². The Morgan fingerprint density at radius 3 is 2.52 bits per heavy atom. The molecule has 1 heterocycles. The highest BCUT2D eigenvalue weighted by molar-refractivity contribution is 5.92. The molecule has 0 spiro atoms. The van der Waals surface area contributed by atoms with Gasteiger partial charge in [0, 0.05) is 19.7 Å². The first kappa shape index (κ1) is 20.8. The van der Waals surface area contributed by atoms with Crippen LogP contribution in [-0.2, 0) is 11.3 Å². The van der Waals surface area contributed by atoms with Gasteiger partial charge in [-0.2, -0.15) is 5.10 Å². The summed E-state index contributed by atoms with van der Waals surface area (Å²) in [6.45, 7) is 7.10. The molecule has 0 radical (unpaired) electrons. The van der Waals surface area contributed by atoms with Crippen LogP contribution in [0.25, 0.3) is 0 Å². The summed E-state index contributed by atoms with van der Waals surface area (Å²) in [7, 11) is 1.55. The zero-order valence-electron chi connectivity index (χ0n) is 16.2. The minimum Gasteiger partial charge on any atom is -0.383 e. The van der Waals surface area contributed by atoms with Crippen LogP contribution in [0.3, 0.4) is 0 Å². The fourth-order valence-corrected chi connectivity index (χ4v) is 2.99. The van der Waals surface area contributed by atoms with Crippen molar-refractivity contribution in [1.29, 1.82) is 0 Å². The molecule has 1 aromatic carbocycles. The van der Waals surface area contributed by atoms with Crippen LogP contribution in [0.1, 0.15) is 35.9 Å². The van der Waals surface area contributed by atoms with Crippen LogP contribution in [0.4, 0.5) is 0 Å². The highest BCUT2D eigenvalue weighted by Gasteiger charge is 2.19. The maximum atomic E-state index is 12.6. The summed E-state index contributed by atoms with van der Waals surface area (Å²) in [4.78, 5) is 26.7. The summed E-state index contributed by atoms with van der Waals surface area (Å²) >= 11 is 0. The molecule has 1 amide bonds. The molecule has 7 heteroatoms. The fraction of sp³-hybridized carbons (Fsp3) is 0.450. The number of nitrogens with zero attached hydrogens (tertiary/aromatic N) is 3. The molecule has 1 aromatic heterocycles. The Kier molecular flexibility index (Phi) is 8.16. The molecule has 0 saturated carbocycles. The summed E-state index contributed by atoms with van der Waals surface area (Å²) in [6.07, 6.45) is 0. The molecule has 0 aliphatic carbocycles. The fourth-order valence-electron chi connectivity index (χ4n) is 2.99. The minimum atomic E-state index is -0.297. The first-order chi connectivity index (χ1) is 13.1. The molecule has 0 bridgehead atoms. The molecule has 7 nitrogen and oxygen atoms in total. The SMILES string of the molecule is CCN(CC)C(CNC(=O)c1ccc(=O)n(CCOC)n1)c1ccccc1. The Morgan fingerprint density at radius 2 is 1.89 bits per heavy atom. The normalized spacial score (nSPS) is 12.1. The molecule has 27 heavy (non-hydrogen) atoms. The first-order valence-electron chi connectivity index (χ1n) is 9.25. The van der Waals surface area contributed by atoms with Gasteiger partial charge in [0.25, 0.3) is 11.5 Å². The maximum absolute atomic E-state index is 12.6. The summed E-state index contributed by atoms with van der Waals surface area (Å²) in [5.74, 6) is -0.297. The van der Waals surface area contributed by atoms with E-state index in [2.05, 4.69) is 41.3 Å². The van der Waals surface area contributed by atoms with Gasteiger partial charge in [-0.1, -0.05) is 44.2 Å². The van der Waals surface area contributed by atoms with Gasteiger partial charge in [0.05, 0.1) is 19.2 Å². The molecule has 1 atom stereocenters. The van der Waals surface area contributed by atoms with Crippen LogP contribution in [0.15, 0.2) is 47.3 Å². The summed E-state index contributed by atoms with van der Waals surface area (Å²) in [5, 5.41) is 7.10. The lowest BCUT2D eigenvalue weighted by Crippen LogP contribution is -2.39. The second kappa shape index (κ2) is 10.6. The van der Waals surface area contributed by atoms with Gasteiger partial charge in [0.1, 0.15) is 5.69 Å². The third kappa shape index (κ3) is 5.74. The van der Waals surface area contributed by atoms with Gasteiger partial charge in [-0.05, 0) is 24.7 Å². The van der Waals surface area contributed by atoms with Crippen molar-refractivity contribution in [3.05, 3.63) is 64.1 Å². The average molecular weight is 372 g/mol. The van der Waals surface area contributed by atoms with E-state index in [9.17, 15) is 9.59 Å². The van der Waals surface area contributed by atoms with Gasteiger partial charge in [-0.3, -0.25) is 14.5 Å². The van der Waals surface area contributed by atoms with Gasteiger partial charge in [0.2, 0.25) is 0 Å². The van der Waals surface area contributed by atoms with E-state index in [0.29, 0.717) is 19.7 Å². The Balaban J connectivity index is 2.12. The Morgan fingerprint density at radius 1 is 1.19 bits per heavy atom. The van der Waals surface area contributed by atoms with Crippen molar-refractivity contribution in [1.82, 2.24) is 20.0 Å². The second-order valence-corrected chi connectivity index (χ2v) is 6.13. The smallest absolute Gasteiger partial charge is 0.271 e. The highest BCUT2D eigenvalue weighted by atomic mass is 16.5. The van der Waals surface area contributed by atoms with Crippen molar-refractivity contribution in [2.75, 3.05) is 33.4 Å². The van der Waals surface area contributed by atoms with E-state index in [1.165, 1.54) is 16.8 Å². The molecule has 1 unspecified atom stereocenters. The van der Waals surface area contributed by atoms with Crippen molar-refractivity contribution < 1.29 is 9.53 Å². The summed E-state index contributed by atoms with van der Waals surface area (Å²) in [5.41, 5.74) is 1.12. The average Bonchev–Trinajstić information content (AvgIpc) is 2.71. The number of rotatable bonds is 10. The summed E-state index contributed by atoms with van der Waals surface area (Å²) < 4.78 is 6.22. The highest BCUT2D eigenvalue weighted by Crippen LogP contribution is 2.19. The monoisotopic (exact) mass is 372 g/mol. The topological polar surface area (TPSA) is 76.5 Å². The third-order valence-electron chi connectivity index (χ3n) is 4.50. The number of ether oxygens (including phenoxy) is 1. The van der Waals surface area contributed by atoms with Crippen LogP contribution < -0.4 is 10.9 Å². The van der Waals surface area contributed by atoms with Crippen LogP contribution in [-0.4, -0.2) is 53.9 Å². The number of hydrogen-bond acceptors (Lipinski definition) is 5. The number of benzene rings is 1. The Hall–Kier alpha value is -2.51. The van der Waals surface area contributed by atoms with Gasteiger partial charge >= 0.3 is 0 Å². The first-order valence-corrected chi connectivity index (χ1v) is 9.25. The van der Waals surface area contributed by atoms with Crippen LogP contribution in [0.2, 0.25) is 0 Å². The van der Waals surface area contributed by atoms with Gasteiger partial charge < -0.3 is 10.1 Å².